The second-order valence-electron chi connectivity index (χ2n) is 13.2. The highest BCUT2D eigenvalue weighted by Crippen LogP contribution is 2.75. The zero-order chi connectivity index (χ0) is 28.3. The number of hydrogen-bond donors (Lipinski definition) is 3. The van der Waals surface area contributed by atoms with E-state index in [2.05, 4.69) is 0 Å². The van der Waals surface area contributed by atoms with Crippen LogP contribution in [0.1, 0.15) is 58.4 Å². The van der Waals surface area contributed by atoms with Crippen molar-refractivity contribution < 1.29 is 48.3 Å². The summed E-state index contributed by atoms with van der Waals surface area (Å²) in [5, 5.41) is 35.0. The molecular formula is C29H38O10. The summed E-state index contributed by atoms with van der Waals surface area (Å²) in [6.45, 7) is 6.55. The second-order valence-corrected chi connectivity index (χ2v) is 13.2. The van der Waals surface area contributed by atoms with Gasteiger partial charge in [0.2, 0.25) is 0 Å². The van der Waals surface area contributed by atoms with E-state index in [4.69, 9.17) is 18.6 Å². The molecule has 0 radical (unpaired) electrons. The summed E-state index contributed by atoms with van der Waals surface area (Å²) in [5.74, 6) is -4.20. The molecule has 4 aliphatic carbocycles. The van der Waals surface area contributed by atoms with Gasteiger partial charge in [-0.1, -0.05) is 20.8 Å². The summed E-state index contributed by atoms with van der Waals surface area (Å²) in [6.07, 6.45) is -2.14. The molecule has 2 bridgehead atoms. The fourth-order valence-corrected chi connectivity index (χ4v) is 10.3. The summed E-state index contributed by atoms with van der Waals surface area (Å²) in [6, 6.07) is 1.75. The van der Waals surface area contributed by atoms with Crippen LogP contribution in [0.25, 0.3) is 0 Å². The molecule has 1 aromatic heterocycles. The molecule has 0 amide bonds. The van der Waals surface area contributed by atoms with Crippen molar-refractivity contribution in [3.05, 3.63) is 24.2 Å². The molecule has 39 heavy (non-hydrogen) atoms. The molecule has 10 nitrogen and oxygen atoms in total. The predicted molar refractivity (Wildman–Crippen MR) is 133 cm³/mol. The number of ketones is 2. The van der Waals surface area contributed by atoms with E-state index in [0.29, 0.717) is 0 Å². The normalized spacial score (nSPS) is 52.6. The lowest BCUT2D eigenvalue weighted by molar-refractivity contribution is -0.375. The van der Waals surface area contributed by atoms with Crippen LogP contribution in [0.15, 0.2) is 23.0 Å². The van der Waals surface area contributed by atoms with Gasteiger partial charge in [-0.2, -0.15) is 0 Å². The fourth-order valence-electron chi connectivity index (χ4n) is 10.3. The molecule has 10 heteroatoms. The lowest BCUT2D eigenvalue weighted by atomic mass is 9.33. The molecule has 214 valence electrons. The van der Waals surface area contributed by atoms with Crippen molar-refractivity contribution in [1.29, 1.82) is 0 Å². The van der Waals surface area contributed by atoms with Crippen molar-refractivity contribution in [3.63, 3.8) is 0 Å². The van der Waals surface area contributed by atoms with E-state index in [1.165, 1.54) is 20.3 Å². The molecule has 13 atom stereocenters. The molecule has 5 aliphatic rings. The van der Waals surface area contributed by atoms with Gasteiger partial charge in [0.05, 0.1) is 37.4 Å². The third-order valence-corrected chi connectivity index (χ3v) is 11.8. The zero-order valence-corrected chi connectivity index (χ0v) is 23.0. The molecule has 5 fully saturated rings. The first-order chi connectivity index (χ1) is 18.3. The molecule has 0 aromatic carbocycles. The number of esters is 1. The van der Waals surface area contributed by atoms with Crippen molar-refractivity contribution >= 4 is 17.5 Å². The van der Waals surface area contributed by atoms with Gasteiger partial charge in [-0.15, -0.1) is 0 Å². The maximum absolute atomic E-state index is 14.9. The largest absolute Gasteiger partial charge is 0.472 e. The predicted octanol–water partition coefficient (Wildman–Crippen LogP) is 1.60. The number of methoxy groups -OCH3 is 1. The zero-order valence-electron chi connectivity index (χ0n) is 23.0. The summed E-state index contributed by atoms with van der Waals surface area (Å²) >= 11 is 0. The van der Waals surface area contributed by atoms with Gasteiger partial charge in [0, 0.05) is 66.3 Å². The highest BCUT2D eigenvalue weighted by Gasteiger charge is 2.82. The number of carbonyl (C=O) groups is 3. The topological polar surface area (TPSA) is 153 Å². The van der Waals surface area contributed by atoms with E-state index < -0.39 is 87.8 Å². The van der Waals surface area contributed by atoms with Gasteiger partial charge in [-0.05, 0) is 24.0 Å². The molecule has 1 aromatic rings. The minimum Gasteiger partial charge on any atom is -0.472 e. The Bertz CT molecular complexity index is 1200. The van der Waals surface area contributed by atoms with Crippen LogP contribution < -0.4 is 0 Å². The van der Waals surface area contributed by atoms with Crippen molar-refractivity contribution in [2.75, 3.05) is 13.7 Å². The van der Waals surface area contributed by atoms with Gasteiger partial charge >= 0.3 is 5.97 Å². The van der Waals surface area contributed by atoms with Crippen LogP contribution in [-0.4, -0.2) is 77.3 Å². The van der Waals surface area contributed by atoms with Crippen LogP contribution >= 0.6 is 0 Å². The van der Waals surface area contributed by atoms with Crippen LogP contribution in [0.2, 0.25) is 0 Å². The Kier molecular flexibility index (Phi) is 5.87. The maximum Gasteiger partial charge on any atom is 0.303 e. The third-order valence-electron chi connectivity index (χ3n) is 11.8. The number of ether oxygens (including phenoxy) is 3. The monoisotopic (exact) mass is 546 g/mol. The Morgan fingerprint density at radius 1 is 1.00 bits per heavy atom. The number of aliphatic hydroxyl groups is 3. The molecule has 6 rings (SSSR count). The van der Waals surface area contributed by atoms with Crippen LogP contribution in [-0.2, 0) is 28.6 Å². The quantitative estimate of drug-likeness (QED) is 0.477. The first kappa shape index (κ1) is 27.1. The molecule has 2 heterocycles. The second kappa shape index (κ2) is 8.45. The third kappa shape index (κ3) is 3.02. The molecule has 1 saturated heterocycles. The molecule has 1 aliphatic heterocycles. The van der Waals surface area contributed by atoms with Crippen molar-refractivity contribution in [1.82, 2.24) is 0 Å². The number of furan rings is 1. The Morgan fingerprint density at radius 2 is 1.69 bits per heavy atom. The van der Waals surface area contributed by atoms with Crippen molar-refractivity contribution in [2.24, 2.45) is 39.4 Å². The molecule has 1 unspecified atom stereocenters. The van der Waals surface area contributed by atoms with Crippen molar-refractivity contribution in [2.45, 2.75) is 83.6 Å². The summed E-state index contributed by atoms with van der Waals surface area (Å²) in [5.41, 5.74) is -4.00. The minimum absolute atomic E-state index is 0.0159. The van der Waals surface area contributed by atoms with Crippen LogP contribution in [0.5, 0.6) is 0 Å². The number of Topliss-reactive ketones (excluding diaryl/α,β-unsaturated/α-hetero) is 2. The maximum atomic E-state index is 14.9. The van der Waals surface area contributed by atoms with E-state index >= 15 is 0 Å². The van der Waals surface area contributed by atoms with Crippen LogP contribution in [0, 0.1) is 39.4 Å². The average Bonchev–Trinajstić information content (AvgIpc) is 3.48. The van der Waals surface area contributed by atoms with Crippen LogP contribution in [0.4, 0.5) is 0 Å². The number of hydrogen-bond acceptors (Lipinski definition) is 10. The van der Waals surface area contributed by atoms with Crippen LogP contribution in [0.3, 0.4) is 0 Å². The molecule has 4 saturated carbocycles. The SMILES string of the molecule is COC1OC[C@]23[C@@H](O)C[C@@H](O)[C@]1(C)[C@@H]2C[C@@H](O)[C@@]1(C)[C@H]2C(=O)C[C@H](c4ccoc4)[C@@]2(C)[C@@H](OC(C)=O)C(=O)[C@@H]13. The minimum atomic E-state index is -1.30. The van der Waals surface area contributed by atoms with Crippen molar-refractivity contribution in [3.8, 4) is 0 Å². The highest BCUT2D eigenvalue weighted by molar-refractivity contribution is 5.97. The van der Waals surface area contributed by atoms with E-state index in [0.717, 1.165) is 5.56 Å². The van der Waals surface area contributed by atoms with Gasteiger partial charge in [0.25, 0.3) is 0 Å². The van der Waals surface area contributed by atoms with Gasteiger partial charge in [0.1, 0.15) is 5.78 Å². The number of rotatable bonds is 3. The lowest BCUT2D eigenvalue weighted by Crippen LogP contribution is -2.80. The molecule has 0 spiro atoms. The highest BCUT2D eigenvalue weighted by atomic mass is 16.7. The fraction of sp³-hybridized carbons (Fsp3) is 0.759. The van der Waals surface area contributed by atoms with Gasteiger partial charge < -0.3 is 33.9 Å². The first-order valence-corrected chi connectivity index (χ1v) is 13.7. The smallest absolute Gasteiger partial charge is 0.303 e. The Hall–Kier alpha value is -2.11. The van der Waals surface area contributed by atoms with Gasteiger partial charge in [-0.25, -0.2) is 0 Å². The Balaban J connectivity index is 1.59. The van der Waals surface area contributed by atoms with E-state index in [-0.39, 0.29) is 31.7 Å². The summed E-state index contributed by atoms with van der Waals surface area (Å²) < 4.78 is 22.9. The Labute approximate surface area is 227 Å². The lowest BCUT2D eigenvalue weighted by Gasteiger charge is -2.72. The molecular weight excluding hydrogens is 508 g/mol. The van der Waals surface area contributed by atoms with Gasteiger partial charge in [-0.3, -0.25) is 14.4 Å². The number of carbonyl (C=O) groups excluding carboxylic acids is 3. The first-order valence-electron chi connectivity index (χ1n) is 13.7. The molecule has 3 N–H and O–H groups in total. The number of aliphatic hydroxyl groups excluding tert-OH is 3. The Morgan fingerprint density at radius 3 is 2.31 bits per heavy atom. The summed E-state index contributed by atoms with van der Waals surface area (Å²) in [7, 11) is 1.48. The standard InChI is InChI=1S/C29H38O10/c1-13(30)39-24-21(35)23-28(4,22-16(31)8-15(26(22,24)2)14-6-7-37-11-14)18(32)9-17-27(3)19(33)10-20(34)29(17,23)12-38-25(27)36-5/h6-7,11,15,17-20,22-25,32-34H,8-10,12H2,1-5H3/t15-,17+,18-,19-,20+,22+,23+,24+,25?,26-,27+,28+,29-/m1/s1. The average molecular weight is 547 g/mol. The van der Waals surface area contributed by atoms with E-state index in [1.54, 1.807) is 26.2 Å². The van der Waals surface area contributed by atoms with E-state index in [9.17, 15) is 29.7 Å². The number of fused-ring (bicyclic) bond motifs is 3. The summed E-state index contributed by atoms with van der Waals surface area (Å²) in [4.78, 5) is 41.4. The van der Waals surface area contributed by atoms with E-state index in [1.807, 2.05) is 6.92 Å². The van der Waals surface area contributed by atoms with Gasteiger partial charge in [0.15, 0.2) is 18.2 Å².